The van der Waals surface area contributed by atoms with Crippen molar-refractivity contribution < 1.29 is 19.4 Å². The number of methoxy groups -OCH3 is 1. The van der Waals surface area contributed by atoms with Crippen LogP contribution in [0.2, 0.25) is 5.02 Å². The molecule has 0 saturated heterocycles. The Balaban J connectivity index is 2.20. The van der Waals surface area contributed by atoms with Crippen LogP contribution in [0.1, 0.15) is 10.4 Å². The number of pyridine rings is 1. The molecule has 0 aliphatic rings. The van der Waals surface area contributed by atoms with Crippen molar-refractivity contribution >= 4 is 29.2 Å². The zero-order chi connectivity index (χ0) is 17.0. The van der Waals surface area contributed by atoms with Gasteiger partial charge in [-0.2, -0.15) is 0 Å². The maximum Gasteiger partial charge on any atom is 0.337 e. The quantitative estimate of drug-likeness (QED) is 0.868. The van der Waals surface area contributed by atoms with Gasteiger partial charge < -0.3 is 19.7 Å². The van der Waals surface area contributed by atoms with Crippen LogP contribution >= 0.6 is 11.6 Å². The standard InChI is InChI=1S/C15H13ClN2O5/c1-23-12-4-3-10(16)6-11(12)17-13(19)8-18-7-9(15(21)22)2-5-14(18)20/h2-7H,8H2,1H3,(H,17,19)(H,21,22). The molecule has 8 heteroatoms. The zero-order valence-electron chi connectivity index (χ0n) is 12.1. The summed E-state index contributed by atoms with van der Waals surface area (Å²) in [5.74, 6) is -1.29. The van der Waals surface area contributed by atoms with Crippen molar-refractivity contribution in [2.75, 3.05) is 12.4 Å². The molecule has 0 bridgehead atoms. The van der Waals surface area contributed by atoms with Crippen molar-refractivity contribution in [1.29, 1.82) is 0 Å². The average molecular weight is 337 g/mol. The third-order valence-electron chi connectivity index (χ3n) is 2.98. The maximum absolute atomic E-state index is 12.1. The van der Waals surface area contributed by atoms with Crippen LogP contribution in [0, 0.1) is 0 Å². The summed E-state index contributed by atoms with van der Waals surface area (Å²) < 4.78 is 6.12. The summed E-state index contributed by atoms with van der Waals surface area (Å²) >= 11 is 5.87. The lowest BCUT2D eigenvalue weighted by Crippen LogP contribution is -2.27. The Bertz CT molecular complexity index is 816. The molecule has 1 amide bonds. The predicted octanol–water partition coefficient (Wildman–Crippen LogP) is 1.85. The number of amides is 1. The van der Waals surface area contributed by atoms with Gasteiger partial charge in [-0.1, -0.05) is 11.6 Å². The first-order valence-electron chi connectivity index (χ1n) is 6.48. The van der Waals surface area contributed by atoms with Gasteiger partial charge >= 0.3 is 5.97 Å². The fourth-order valence-electron chi connectivity index (χ4n) is 1.90. The van der Waals surface area contributed by atoms with Crippen molar-refractivity contribution in [3.8, 4) is 5.75 Å². The second-order valence-electron chi connectivity index (χ2n) is 4.58. The molecule has 7 nitrogen and oxygen atoms in total. The molecule has 0 atom stereocenters. The Morgan fingerprint density at radius 1 is 1.30 bits per heavy atom. The molecule has 0 spiro atoms. The molecule has 120 valence electrons. The second-order valence-corrected chi connectivity index (χ2v) is 5.02. The first-order valence-corrected chi connectivity index (χ1v) is 6.85. The Labute approximate surface area is 136 Å². The van der Waals surface area contributed by atoms with Gasteiger partial charge in [0, 0.05) is 17.3 Å². The van der Waals surface area contributed by atoms with Crippen molar-refractivity contribution in [2.24, 2.45) is 0 Å². The van der Waals surface area contributed by atoms with E-state index in [0.29, 0.717) is 16.5 Å². The minimum absolute atomic E-state index is 0.0854. The van der Waals surface area contributed by atoms with Gasteiger partial charge in [0.05, 0.1) is 18.4 Å². The van der Waals surface area contributed by atoms with E-state index < -0.39 is 17.4 Å². The summed E-state index contributed by atoms with van der Waals surface area (Å²) in [5, 5.41) is 11.9. The topological polar surface area (TPSA) is 97.6 Å². The monoisotopic (exact) mass is 336 g/mol. The van der Waals surface area contributed by atoms with Gasteiger partial charge in [-0.3, -0.25) is 9.59 Å². The summed E-state index contributed by atoms with van der Waals surface area (Å²) in [6.07, 6.45) is 1.11. The predicted molar refractivity (Wildman–Crippen MR) is 84.3 cm³/mol. The Kier molecular flexibility index (Phi) is 5.02. The minimum Gasteiger partial charge on any atom is -0.495 e. The average Bonchev–Trinajstić information content (AvgIpc) is 2.49. The molecule has 0 radical (unpaired) electrons. The molecule has 0 unspecified atom stereocenters. The molecule has 1 heterocycles. The number of carbonyl (C=O) groups excluding carboxylic acids is 1. The normalized spacial score (nSPS) is 10.2. The number of ether oxygens (including phenoxy) is 1. The van der Waals surface area contributed by atoms with Crippen LogP contribution in [0.4, 0.5) is 5.69 Å². The summed E-state index contributed by atoms with van der Waals surface area (Å²) in [4.78, 5) is 34.7. The number of benzene rings is 1. The third kappa shape index (κ3) is 4.10. The molecule has 0 aliphatic heterocycles. The number of rotatable bonds is 5. The van der Waals surface area contributed by atoms with E-state index in [0.717, 1.165) is 16.8 Å². The first-order chi connectivity index (χ1) is 10.9. The van der Waals surface area contributed by atoms with E-state index in [1.54, 1.807) is 12.1 Å². The number of anilines is 1. The highest BCUT2D eigenvalue weighted by molar-refractivity contribution is 6.31. The van der Waals surface area contributed by atoms with Crippen LogP contribution < -0.4 is 15.6 Å². The lowest BCUT2D eigenvalue weighted by Gasteiger charge is -2.11. The number of aromatic nitrogens is 1. The van der Waals surface area contributed by atoms with Crippen LogP contribution in [0.3, 0.4) is 0 Å². The lowest BCUT2D eigenvalue weighted by atomic mass is 10.2. The number of nitrogens with zero attached hydrogens (tertiary/aromatic N) is 1. The van der Waals surface area contributed by atoms with Gasteiger partial charge in [-0.15, -0.1) is 0 Å². The summed E-state index contributed by atoms with van der Waals surface area (Å²) in [6.45, 7) is -0.338. The van der Waals surface area contributed by atoms with E-state index in [-0.39, 0.29) is 12.1 Å². The van der Waals surface area contributed by atoms with Crippen molar-refractivity contribution in [3.05, 3.63) is 57.5 Å². The van der Waals surface area contributed by atoms with Crippen LogP contribution in [-0.4, -0.2) is 28.7 Å². The smallest absolute Gasteiger partial charge is 0.337 e. The van der Waals surface area contributed by atoms with E-state index in [2.05, 4.69) is 5.32 Å². The van der Waals surface area contributed by atoms with Crippen molar-refractivity contribution in [1.82, 2.24) is 4.57 Å². The van der Waals surface area contributed by atoms with Crippen LogP contribution in [0.15, 0.2) is 41.3 Å². The number of hydrogen-bond donors (Lipinski definition) is 2. The number of carbonyl (C=O) groups is 2. The largest absolute Gasteiger partial charge is 0.495 e. The second kappa shape index (κ2) is 6.97. The molecule has 2 rings (SSSR count). The number of halogens is 1. The van der Waals surface area contributed by atoms with E-state index in [4.69, 9.17) is 21.4 Å². The maximum atomic E-state index is 12.1. The van der Waals surface area contributed by atoms with Gasteiger partial charge in [-0.25, -0.2) is 4.79 Å². The summed E-state index contributed by atoms with van der Waals surface area (Å²) in [6, 6.07) is 6.98. The van der Waals surface area contributed by atoms with Crippen LogP contribution in [0.25, 0.3) is 0 Å². The van der Waals surface area contributed by atoms with E-state index in [1.165, 1.54) is 19.2 Å². The first kappa shape index (κ1) is 16.6. The minimum atomic E-state index is -1.18. The molecule has 0 aliphatic carbocycles. The summed E-state index contributed by atoms with van der Waals surface area (Å²) in [5.41, 5.74) is -0.214. The number of carboxylic acid groups (broad SMARTS) is 1. The zero-order valence-corrected chi connectivity index (χ0v) is 12.8. The summed E-state index contributed by atoms with van der Waals surface area (Å²) in [7, 11) is 1.44. The fourth-order valence-corrected chi connectivity index (χ4v) is 2.08. The molecular formula is C15H13ClN2O5. The molecule has 0 fully saturated rings. The molecular weight excluding hydrogens is 324 g/mol. The molecule has 1 aromatic heterocycles. The Hall–Kier alpha value is -2.80. The third-order valence-corrected chi connectivity index (χ3v) is 3.22. The number of nitrogens with one attached hydrogen (secondary N) is 1. The number of hydrogen-bond acceptors (Lipinski definition) is 4. The lowest BCUT2D eigenvalue weighted by molar-refractivity contribution is -0.116. The highest BCUT2D eigenvalue weighted by atomic mass is 35.5. The van der Waals surface area contributed by atoms with Gasteiger partial charge in [-0.05, 0) is 24.3 Å². The van der Waals surface area contributed by atoms with Gasteiger partial charge in [0.2, 0.25) is 5.91 Å². The van der Waals surface area contributed by atoms with E-state index >= 15 is 0 Å². The number of carboxylic acids is 1. The number of aromatic carboxylic acids is 1. The van der Waals surface area contributed by atoms with E-state index in [1.807, 2.05) is 0 Å². The molecule has 1 aromatic carbocycles. The van der Waals surface area contributed by atoms with E-state index in [9.17, 15) is 14.4 Å². The molecule has 0 saturated carbocycles. The molecule has 2 N–H and O–H groups in total. The van der Waals surface area contributed by atoms with Gasteiger partial charge in [0.1, 0.15) is 12.3 Å². The van der Waals surface area contributed by atoms with Crippen LogP contribution in [-0.2, 0) is 11.3 Å². The highest BCUT2D eigenvalue weighted by Gasteiger charge is 2.11. The van der Waals surface area contributed by atoms with Gasteiger partial charge in [0.15, 0.2) is 0 Å². The highest BCUT2D eigenvalue weighted by Crippen LogP contribution is 2.27. The molecule has 23 heavy (non-hydrogen) atoms. The SMILES string of the molecule is COc1ccc(Cl)cc1NC(=O)Cn1cc(C(=O)O)ccc1=O. The van der Waals surface area contributed by atoms with Gasteiger partial charge in [0.25, 0.3) is 5.56 Å². The van der Waals surface area contributed by atoms with Crippen LogP contribution in [0.5, 0.6) is 5.75 Å². The van der Waals surface area contributed by atoms with Crippen molar-refractivity contribution in [3.63, 3.8) is 0 Å². The van der Waals surface area contributed by atoms with Crippen molar-refractivity contribution in [2.45, 2.75) is 6.54 Å². The Morgan fingerprint density at radius 2 is 2.04 bits per heavy atom. The molecule has 2 aromatic rings. The fraction of sp³-hybridized carbons (Fsp3) is 0.133. The Morgan fingerprint density at radius 3 is 2.70 bits per heavy atom.